The van der Waals surface area contributed by atoms with E-state index in [0.29, 0.717) is 39.9 Å². The number of hydrogen-bond donors (Lipinski definition) is 0. The molecule has 1 heterocycles. The highest BCUT2D eigenvalue weighted by atomic mass is 16.5. The number of carbonyl (C=O) groups excluding carboxylic acids is 2. The molecule has 0 amide bonds. The lowest BCUT2D eigenvalue weighted by Gasteiger charge is -2.13. The summed E-state index contributed by atoms with van der Waals surface area (Å²) in [4.78, 5) is 25.6. The van der Waals surface area contributed by atoms with E-state index in [2.05, 4.69) is 0 Å². The van der Waals surface area contributed by atoms with Crippen molar-refractivity contribution in [2.45, 2.75) is 0 Å². The van der Waals surface area contributed by atoms with Gasteiger partial charge in [-0.25, -0.2) is 4.79 Å². The van der Waals surface area contributed by atoms with Crippen LogP contribution in [0.1, 0.15) is 26.3 Å². The van der Waals surface area contributed by atoms with Gasteiger partial charge in [-0.2, -0.15) is 0 Å². The van der Waals surface area contributed by atoms with Crippen LogP contribution in [0.4, 0.5) is 0 Å². The summed E-state index contributed by atoms with van der Waals surface area (Å²) in [6.45, 7) is 0. The van der Waals surface area contributed by atoms with Crippen molar-refractivity contribution in [1.82, 2.24) is 0 Å². The van der Waals surface area contributed by atoms with Crippen molar-refractivity contribution in [3.63, 3.8) is 0 Å². The second-order valence-corrected chi connectivity index (χ2v) is 7.52. The number of esters is 1. The molecule has 9 nitrogen and oxygen atoms in total. The third-order valence-electron chi connectivity index (χ3n) is 5.46. The number of ether oxygens (including phenoxy) is 7. The lowest BCUT2D eigenvalue weighted by Crippen LogP contribution is -2.09. The van der Waals surface area contributed by atoms with Gasteiger partial charge in [0, 0.05) is 6.07 Å². The molecule has 0 atom stereocenters. The second kappa shape index (κ2) is 10.3. The van der Waals surface area contributed by atoms with Crippen molar-refractivity contribution in [2.75, 3.05) is 35.5 Å². The Morgan fingerprint density at radius 2 is 1.42 bits per heavy atom. The van der Waals surface area contributed by atoms with Crippen LogP contribution in [0.5, 0.6) is 40.2 Å². The molecule has 186 valence electrons. The molecule has 3 aromatic rings. The summed E-state index contributed by atoms with van der Waals surface area (Å²) in [6.07, 6.45) is 1.57. The Balaban J connectivity index is 1.57. The number of ketones is 1. The van der Waals surface area contributed by atoms with Crippen LogP contribution in [0, 0.1) is 0 Å². The molecule has 0 N–H and O–H groups in total. The number of allylic oxidation sites excluding steroid dienone is 1. The van der Waals surface area contributed by atoms with E-state index in [1.165, 1.54) is 53.7 Å². The molecule has 0 saturated carbocycles. The van der Waals surface area contributed by atoms with E-state index in [-0.39, 0.29) is 28.6 Å². The average Bonchev–Trinajstić information content (AvgIpc) is 3.21. The van der Waals surface area contributed by atoms with E-state index in [9.17, 15) is 9.59 Å². The van der Waals surface area contributed by atoms with Crippen LogP contribution in [0.3, 0.4) is 0 Å². The Labute approximate surface area is 207 Å². The fourth-order valence-electron chi connectivity index (χ4n) is 3.70. The van der Waals surface area contributed by atoms with Crippen LogP contribution >= 0.6 is 0 Å². The van der Waals surface area contributed by atoms with E-state index < -0.39 is 5.97 Å². The molecule has 0 radical (unpaired) electrons. The molecule has 1 aliphatic rings. The fraction of sp³-hybridized carbons (Fsp3) is 0.185. The highest BCUT2D eigenvalue weighted by Crippen LogP contribution is 2.40. The van der Waals surface area contributed by atoms with Gasteiger partial charge in [0.1, 0.15) is 11.5 Å². The number of rotatable bonds is 8. The highest BCUT2D eigenvalue weighted by molar-refractivity contribution is 6.14. The van der Waals surface area contributed by atoms with Gasteiger partial charge in [0.2, 0.25) is 11.5 Å². The first kappa shape index (κ1) is 24.5. The molecule has 9 heteroatoms. The summed E-state index contributed by atoms with van der Waals surface area (Å²) in [5, 5.41) is 0. The van der Waals surface area contributed by atoms with Gasteiger partial charge in [-0.15, -0.1) is 0 Å². The topological polar surface area (TPSA) is 98.8 Å². The summed E-state index contributed by atoms with van der Waals surface area (Å²) in [6, 6.07) is 12.7. The summed E-state index contributed by atoms with van der Waals surface area (Å²) in [5.74, 6) is 1.89. The molecule has 0 aliphatic carbocycles. The molecule has 0 bridgehead atoms. The van der Waals surface area contributed by atoms with Crippen molar-refractivity contribution < 1.29 is 42.7 Å². The predicted octanol–water partition coefficient (Wildman–Crippen LogP) is 4.57. The van der Waals surface area contributed by atoms with E-state index in [0.717, 1.165) is 0 Å². The second-order valence-electron chi connectivity index (χ2n) is 7.52. The minimum absolute atomic E-state index is 0.0997. The van der Waals surface area contributed by atoms with Crippen LogP contribution in [0.25, 0.3) is 6.08 Å². The van der Waals surface area contributed by atoms with E-state index in [1.807, 2.05) is 0 Å². The van der Waals surface area contributed by atoms with Gasteiger partial charge in [0.05, 0.1) is 46.7 Å². The number of fused-ring (bicyclic) bond motifs is 1. The van der Waals surface area contributed by atoms with E-state index in [1.54, 1.807) is 36.4 Å². The summed E-state index contributed by atoms with van der Waals surface area (Å²) >= 11 is 0. The Morgan fingerprint density at radius 3 is 2.03 bits per heavy atom. The molecule has 0 fully saturated rings. The number of benzene rings is 3. The van der Waals surface area contributed by atoms with Crippen LogP contribution < -0.4 is 33.2 Å². The Hall–Kier alpha value is -4.66. The zero-order chi connectivity index (χ0) is 25.8. The van der Waals surface area contributed by atoms with Gasteiger partial charge in [0.15, 0.2) is 28.8 Å². The first-order valence-electron chi connectivity index (χ1n) is 10.7. The molecular formula is C27H24O9. The zero-order valence-corrected chi connectivity index (χ0v) is 20.4. The Kier molecular flexibility index (Phi) is 7.00. The Bertz CT molecular complexity index is 1330. The van der Waals surface area contributed by atoms with Crippen molar-refractivity contribution in [1.29, 1.82) is 0 Å². The van der Waals surface area contributed by atoms with Gasteiger partial charge in [-0.3, -0.25) is 4.79 Å². The van der Waals surface area contributed by atoms with Crippen LogP contribution in [0.15, 0.2) is 54.3 Å². The van der Waals surface area contributed by atoms with Crippen molar-refractivity contribution in [2.24, 2.45) is 0 Å². The van der Waals surface area contributed by atoms with E-state index in [4.69, 9.17) is 33.2 Å². The molecule has 4 rings (SSSR count). The predicted molar refractivity (Wildman–Crippen MR) is 130 cm³/mol. The first-order valence-corrected chi connectivity index (χ1v) is 10.7. The number of carbonyl (C=O) groups is 2. The molecule has 0 unspecified atom stereocenters. The van der Waals surface area contributed by atoms with Crippen molar-refractivity contribution in [3.8, 4) is 40.2 Å². The number of methoxy groups -OCH3 is 5. The minimum Gasteiger partial charge on any atom is -0.493 e. The highest BCUT2D eigenvalue weighted by Gasteiger charge is 2.28. The molecule has 36 heavy (non-hydrogen) atoms. The van der Waals surface area contributed by atoms with Gasteiger partial charge in [-0.05, 0) is 54.1 Å². The van der Waals surface area contributed by atoms with Crippen LogP contribution in [-0.4, -0.2) is 47.3 Å². The lowest BCUT2D eigenvalue weighted by atomic mass is 10.1. The van der Waals surface area contributed by atoms with Gasteiger partial charge in [-0.1, -0.05) is 0 Å². The Morgan fingerprint density at radius 1 is 0.750 bits per heavy atom. The normalized spacial score (nSPS) is 13.0. The quantitative estimate of drug-likeness (QED) is 0.254. The molecule has 0 saturated heterocycles. The monoisotopic (exact) mass is 492 g/mol. The van der Waals surface area contributed by atoms with Crippen molar-refractivity contribution >= 4 is 17.8 Å². The van der Waals surface area contributed by atoms with Crippen LogP contribution in [-0.2, 0) is 0 Å². The average molecular weight is 492 g/mol. The standard InChI is InChI=1S/C27H24O9/c1-30-19-9-6-16(13-21(19)31-2)27(29)35-17-7-8-18-20(14-17)36-22(25(18)28)10-15-11-23(32-3)26(34-5)24(12-15)33-4/h6-14H,1-5H3. The summed E-state index contributed by atoms with van der Waals surface area (Å²) in [7, 11) is 7.50. The third-order valence-corrected chi connectivity index (χ3v) is 5.46. The zero-order valence-electron chi connectivity index (χ0n) is 20.4. The molecular weight excluding hydrogens is 468 g/mol. The third kappa shape index (κ3) is 4.63. The largest absolute Gasteiger partial charge is 0.493 e. The summed E-state index contributed by atoms with van der Waals surface area (Å²) < 4.78 is 37.8. The SMILES string of the molecule is COc1ccc(C(=O)Oc2ccc3c(c2)OC(=Cc2cc(OC)c(OC)c(OC)c2)C3=O)cc1OC. The fourth-order valence-corrected chi connectivity index (χ4v) is 3.70. The lowest BCUT2D eigenvalue weighted by molar-refractivity contribution is 0.0734. The molecule has 0 aromatic heterocycles. The maximum Gasteiger partial charge on any atom is 0.343 e. The minimum atomic E-state index is -0.603. The smallest absolute Gasteiger partial charge is 0.343 e. The van der Waals surface area contributed by atoms with Gasteiger partial charge < -0.3 is 33.2 Å². The maximum absolute atomic E-state index is 12.9. The maximum atomic E-state index is 12.9. The van der Waals surface area contributed by atoms with Crippen LogP contribution in [0.2, 0.25) is 0 Å². The first-order chi connectivity index (χ1) is 17.4. The van der Waals surface area contributed by atoms with Crippen molar-refractivity contribution in [3.05, 3.63) is 71.0 Å². The number of Topliss-reactive ketones (excluding diaryl/α,β-unsaturated/α-hetero) is 1. The molecule has 1 aliphatic heterocycles. The van der Waals surface area contributed by atoms with Gasteiger partial charge >= 0.3 is 5.97 Å². The van der Waals surface area contributed by atoms with E-state index >= 15 is 0 Å². The van der Waals surface area contributed by atoms with Gasteiger partial charge in [0.25, 0.3) is 0 Å². The number of hydrogen-bond acceptors (Lipinski definition) is 9. The molecule has 3 aromatic carbocycles. The summed E-state index contributed by atoms with van der Waals surface area (Å²) in [5.41, 5.74) is 1.23. The molecule has 0 spiro atoms.